The van der Waals surface area contributed by atoms with Crippen molar-refractivity contribution in [2.75, 3.05) is 0 Å². The van der Waals surface area contributed by atoms with Crippen LogP contribution in [-0.2, 0) is 5.60 Å². The summed E-state index contributed by atoms with van der Waals surface area (Å²) < 4.78 is 0.810. The largest absolute Gasteiger partial charge is 0.384 e. The van der Waals surface area contributed by atoms with Gasteiger partial charge in [-0.1, -0.05) is 26.7 Å². The smallest absolute Gasteiger partial charge is 0.123 e. The quantitative estimate of drug-likeness (QED) is 0.855. The van der Waals surface area contributed by atoms with Crippen molar-refractivity contribution in [3.63, 3.8) is 0 Å². The van der Waals surface area contributed by atoms with Crippen molar-refractivity contribution in [1.82, 2.24) is 4.98 Å². The zero-order valence-electron chi connectivity index (χ0n) is 9.09. The Balaban J connectivity index is 2.44. The summed E-state index contributed by atoms with van der Waals surface area (Å²) in [6.07, 6.45) is 4.24. The number of halogens is 1. The van der Waals surface area contributed by atoms with Crippen LogP contribution >= 0.6 is 27.3 Å². The van der Waals surface area contributed by atoms with Gasteiger partial charge in [0.1, 0.15) is 10.2 Å². The maximum Gasteiger partial charge on any atom is 0.123 e. The standard InChI is InChI=1S/C11H16BrNOS/c1-10(2)5-3-4-6-11(10,14)8-9(12)13-7-15-8/h7,14H,3-6H2,1-2H3. The predicted molar refractivity (Wildman–Crippen MR) is 66.0 cm³/mol. The molecule has 0 aliphatic heterocycles. The van der Waals surface area contributed by atoms with Gasteiger partial charge in [-0.3, -0.25) is 0 Å². The van der Waals surface area contributed by atoms with Crippen molar-refractivity contribution < 1.29 is 5.11 Å². The molecular formula is C11H16BrNOS. The highest BCUT2D eigenvalue weighted by Gasteiger charge is 2.48. The fourth-order valence-corrected chi connectivity index (χ4v) is 4.25. The molecule has 1 unspecified atom stereocenters. The fraction of sp³-hybridized carbons (Fsp3) is 0.727. The average Bonchev–Trinajstić information content (AvgIpc) is 2.57. The van der Waals surface area contributed by atoms with Crippen LogP contribution in [0.15, 0.2) is 10.1 Å². The van der Waals surface area contributed by atoms with E-state index < -0.39 is 5.60 Å². The van der Waals surface area contributed by atoms with E-state index in [9.17, 15) is 5.11 Å². The van der Waals surface area contributed by atoms with Crippen molar-refractivity contribution in [1.29, 1.82) is 0 Å². The zero-order valence-corrected chi connectivity index (χ0v) is 11.5. The molecule has 0 amide bonds. The van der Waals surface area contributed by atoms with Crippen LogP contribution in [0, 0.1) is 5.41 Å². The Morgan fingerprint density at radius 2 is 2.07 bits per heavy atom. The van der Waals surface area contributed by atoms with E-state index in [4.69, 9.17) is 0 Å². The molecule has 1 aromatic rings. The first-order chi connectivity index (χ1) is 6.97. The number of nitrogens with zero attached hydrogens (tertiary/aromatic N) is 1. The summed E-state index contributed by atoms with van der Waals surface area (Å²) in [6, 6.07) is 0. The van der Waals surface area contributed by atoms with Crippen LogP contribution in [-0.4, -0.2) is 10.1 Å². The maximum atomic E-state index is 10.9. The SMILES string of the molecule is CC1(C)CCCCC1(O)c1scnc1Br. The van der Waals surface area contributed by atoms with E-state index >= 15 is 0 Å². The maximum absolute atomic E-state index is 10.9. The Morgan fingerprint density at radius 3 is 2.60 bits per heavy atom. The van der Waals surface area contributed by atoms with E-state index in [1.165, 1.54) is 6.42 Å². The van der Waals surface area contributed by atoms with Gasteiger partial charge in [-0.05, 0) is 34.2 Å². The van der Waals surface area contributed by atoms with E-state index in [2.05, 4.69) is 34.8 Å². The highest BCUT2D eigenvalue weighted by atomic mass is 79.9. The molecule has 1 saturated carbocycles. The molecule has 0 bridgehead atoms. The van der Waals surface area contributed by atoms with Crippen molar-refractivity contribution >= 4 is 27.3 Å². The first-order valence-corrected chi connectivity index (χ1v) is 6.96. The van der Waals surface area contributed by atoms with Crippen LogP contribution in [0.3, 0.4) is 0 Å². The van der Waals surface area contributed by atoms with Crippen molar-refractivity contribution in [2.45, 2.75) is 45.1 Å². The Hall–Kier alpha value is 0.0700. The van der Waals surface area contributed by atoms with Crippen LogP contribution in [0.25, 0.3) is 0 Å². The van der Waals surface area contributed by atoms with Gasteiger partial charge in [0, 0.05) is 0 Å². The van der Waals surface area contributed by atoms with Crippen molar-refractivity contribution in [3.05, 3.63) is 15.0 Å². The molecule has 0 saturated heterocycles. The summed E-state index contributed by atoms with van der Waals surface area (Å²) >= 11 is 4.98. The number of thiazole rings is 1. The third-order valence-corrected chi connectivity index (χ3v) is 5.45. The second-order valence-corrected chi connectivity index (χ2v) is 6.53. The first-order valence-electron chi connectivity index (χ1n) is 5.29. The molecule has 1 heterocycles. The highest BCUT2D eigenvalue weighted by molar-refractivity contribution is 9.10. The molecule has 84 valence electrons. The van der Waals surface area contributed by atoms with Gasteiger partial charge >= 0.3 is 0 Å². The lowest BCUT2D eigenvalue weighted by Gasteiger charge is -2.46. The van der Waals surface area contributed by atoms with E-state index in [-0.39, 0.29) is 5.41 Å². The molecule has 1 fully saturated rings. The van der Waals surface area contributed by atoms with Gasteiger partial charge in [-0.25, -0.2) is 4.98 Å². The monoisotopic (exact) mass is 289 g/mol. The van der Waals surface area contributed by atoms with Crippen LogP contribution in [0.5, 0.6) is 0 Å². The molecule has 4 heteroatoms. The fourth-order valence-electron chi connectivity index (χ4n) is 2.41. The molecule has 1 aliphatic carbocycles. The van der Waals surface area contributed by atoms with Crippen LogP contribution < -0.4 is 0 Å². The minimum atomic E-state index is -0.703. The molecule has 0 aromatic carbocycles. The number of hydrogen-bond donors (Lipinski definition) is 1. The molecule has 1 aliphatic rings. The number of hydrogen-bond acceptors (Lipinski definition) is 3. The zero-order chi connectivity index (χ0) is 11.1. The van der Waals surface area contributed by atoms with E-state index in [1.54, 1.807) is 16.8 Å². The van der Waals surface area contributed by atoms with E-state index in [0.717, 1.165) is 28.7 Å². The van der Waals surface area contributed by atoms with Gasteiger partial charge in [0.15, 0.2) is 0 Å². The molecule has 2 rings (SSSR count). The third kappa shape index (κ3) is 1.77. The van der Waals surface area contributed by atoms with Crippen LogP contribution in [0.2, 0.25) is 0 Å². The Labute approximate surface area is 103 Å². The molecule has 1 aromatic heterocycles. The Kier molecular flexibility index (Phi) is 2.95. The summed E-state index contributed by atoms with van der Waals surface area (Å²) in [7, 11) is 0. The van der Waals surface area contributed by atoms with Crippen LogP contribution in [0.4, 0.5) is 0 Å². The van der Waals surface area contributed by atoms with Gasteiger partial charge in [-0.15, -0.1) is 11.3 Å². The highest BCUT2D eigenvalue weighted by Crippen LogP contribution is 2.52. The minimum absolute atomic E-state index is 0.0553. The van der Waals surface area contributed by atoms with E-state index in [0.29, 0.717) is 0 Å². The Bertz CT molecular complexity index is 363. The topological polar surface area (TPSA) is 33.1 Å². The number of aromatic nitrogens is 1. The van der Waals surface area contributed by atoms with Crippen LogP contribution in [0.1, 0.15) is 44.4 Å². The Morgan fingerprint density at radius 1 is 1.40 bits per heavy atom. The first kappa shape index (κ1) is 11.6. The number of aliphatic hydroxyl groups is 1. The predicted octanol–water partition coefficient (Wildman–Crippen LogP) is 3.69. The molecule has 2 nitrogen and oxygen atoms in total. The second kappa shape index (κ2) is 3.82. The van der Waals surface area contributed by atoms with Gasteiger partial charge in [-0.2, -0.15) is 0 Å². The summed E-state index contributed by atoms with van der Waals surface area (Å²) in [6.45, 7) is 4.30. The van der Waals surface area contributed by atoms with Crippen molar-refractivity contribution in [2.24, 2.45) is 5.41 Å². The summed E-state index contributed by atoms with van der Waals surface area (Å²) in [5, 5.41) is 10.9. The second-order valence-electron chi connectivity index (χ2n) is 4.92. The lowest BCUT2D eigenvalue weighted by atomic mass is 9.65. The van der Waals surface area contributed by atoms with Gasteiger partial charge in [0.25, 0.3) is 0 Å². The molecular weight excluding hydrogens is 274 g/mol. The molecule has 15 heavy (non-hydrogen) atoms. The third-order valence-electron chi connectivity index (χ3n) is 3.61. The van der Waals surface area contributed by atoms with Gasteiger partial charge in [0.05, 0.1) is 10.4 Å². The molecule has 1 atom stereocenters. The average molecular weight is 290 g/mol. The lowest BCUT2D eigenvalue weighted by Crippen LogP contribution is -2.44. The summed E-state index contributed by atoms with van der Waals surface area (Å²) in [5.41, 5.74) is 1.04. The molecule has 1 N–H and O–H groups in total. The minimum Gasteiger partial charge on any atom is -0.384 e. The normalized spacial score (nSPS) is 30.4. The lowest BCUT2D eigenvalue weighted by molar-refractivity contribution is -0.101. The molecule has 0 radical (unpaired) electrons. The van der Waals surface area contributed by atoms with Gasteiger partial charge < -0.3 is 5.11 Å². The summed E-state index contributed by atoms with van der Waals surface area (Å²) in [5.74, 6) is 0. The number of rotatable bonds is 1. The van der Waals surface area contributed by atoms with Crippen molar-refractivity contribution in [3.8, 4) is 0 Å². The summed E-state index contributed by atoms with van der Waals surface area (Å²) in [4.78, 5) is 5.17. The van der Waals surface area contributed by atoms with E-state index in [1.807, 2.05) is 0 Å². The van der Waals surface area contributed by atoms with Gasteiger partial charge in [0.2, 0.25) is 0 Å². The molecule has 0 spiro atoms.